The van der Waals surface area contributed by atoms with E-state index in [2.05, 4.69) is 5.48 Å². The Morgan fingerprint density at radius 1 is 1.56 bits per heavy atom. The summed E-state index contributed by atoms with van der Waals surface area (Å²) in [6, 6.07) is 4.04. The molecule has 1 N–H and O–H groups in total. The van der Waals surface area contributed by atoms with E-state index in [9.17, 15) is 14.9 Å². The van der Waals surface area contributed by atoms with Crippen molar-refractivity contribution >= 4 is 11.6 Å². The molecule has 86 valence electrons. The van der Waals surface area contributed by atoms with Gasteiger partial charge in [-0.2, -0.15) is 0 Å². The molecule has 0 heterocycles. The molecule has 0 atom stereocenters. The number of hydrogen-bond acceptors (Lipinski definition) is 4. The van der Waals surface area contributed by atoms with Crippen molar-refractivity contribution in [2.75, 3.05) is 6.61 Å². The van der Waals surface area contributed by atoms with Gasteiger partial charge in [-0.05, 0) is 25.5 Å². The van der Waals surface area contributed by atoms with Crippen LogP contribution in [0, 0.1) is 17.0 Å². The summed E-state index contributed by atoms with van der Waals surface area (Å²) in [5.41, 5.74) is 3.09. The van der Waals surface area contributed by atoms with Gasteiger partial charge in [-0.1, -0.05) is 0 Å². The van der Waals surface area contributed by atoms with E-state index in [1.807, 2.05) is 0 Å². The van der Waals surface area contributed by atoms with Crippen LogP contribution in [0.1, 0.15) is 22.8 Å². The number of nitro benzene ring substituents is 1. The van der Waals surface area contributed by atoms with Gasteiger partial charge in [0, 0.05) is 17.7 Å². The number of carbonyl (C=O) groups excluding carboxylic acids is 1. The van der Waals surface area contributed by atoms with Crippen molar-refractivity contribution in [2.45, 2.75) is 13.8 Å². The van der Waals surface area contributed by atoms with Crippen LogP contribution in [0.5, 0.6) is 0 Å². The predicted molar refractivity (Wildman–Crippen MR) is 56.9 cm³/mol. The average Bonchev–Trinajstić information content (AvgIpc) is 2.25. The van der Waals surface area contributed by atoms with E-state index in [1.54, 1.807) is 13.8 Å². The van der Waals surface area contributed by atoms with Gasteiger partial charge in [0.25, 0.3) is 11.6 Å². The highest BCUT2D eigenvalue weighted by molar-refractivity contribution is 5.95. The maximum atomic E-state index is 11.5. The molecule has 0 bridgehead atoms. The second-order valence-corrected chi connectivity index (χ2v) is 3.12. The van der Waals surface area contributed by atoms with E-state index in [1.165, 1.54) is 18.2 Å². The molecule has 1 amide bonds. The lowest BCUT2D eigenvalue weighted by Gasteiger charge is -2.06. The Hall–Kier alpha value is -1.95. The molecular formula is C10H12N2O4. The van der Waals surface area contributed by atoms with Crippen molar-refractivity contribution in [3.63, 3.8) is 0 Å². The van der Waals surface area contributed by atoms with Gasteiger partial charge in [0.1, 0.15) is 0 Å². The molecule has 0 unspecified atom stereocenters. The summed E-state index contributed by atoms with van der Waals surface area (Å²) in [5.74, 6) is -0.408. The minimum absolute atomic E-state index is 0.0366. The number of nitrogens with zero attached hydrogens (tertiary/aromatic N) is 1. The molecule has 0 aliphatic rings. The van der Waals surface area contributed by atoms with Crippen LogP contribution in [0.4, 0.5) is 5.69 Å². The molecule has 0 saturated carbocycles. The minimum Gasteiger partial charge on any atom is -0.274 e. The number of hydrogen-bond donors (Lipinski definition) is 1. The lowest BCUT2D eigenvalue weighted by Crippen LogP contribution is -2.24. The Morgan fingerprint density at radius 2 is 2.25 bits per heavy atom. The number of rotatable bonds is 4. The van der Waals surface area contributed by atoms with Crippen molar-refractivity contribution in [3.05, 3.63) is 39.4 Å². The molecule has 0 radical (unpaired) electrons. The summed E-state index contributed by atoms with van der Waals surface area (Å²) in [6.45, 7) is 3.73. The van der Waals surface area contributed by atoms with Crippen LogP contribution in [0.2, 0.25) is 0 Å². The van der Waals surface area contributed by atoms with Crippen LogP contribution in [-0.4, -0.2) is 17.4 Å². The van der Waals surface area contributed by atoms with Crippen molar-refractivity contribution in [2.24, 2.45) is 0 Å². The zero-order valence-electron chi connectivity index (χ0n) is 9.02. The molecule has 6 heteroatoms. The molecule has 0 fully saturated rings. The lowest BCUT2D eigenvalue weighted by molar-refractivity contribution is -0.384. The number of nitro groups is 1. The van der Waals surface area contributed by atoms with E-state index in [0.29, 0.717) is 17.7 Å². The normalized spacial score (nSPS) is 9.88. The first-order valence-corrected chi connectivity index (χ1v) is 4.73. The quantitative estimate of drug-likeness (QED) is 0.621. The Kier molecular flexibility index (Phi) is 3.96. The van der Waals surface area contributed by atoms with Crippen LogP contribution >= 0.6 is 0 Å². The molecule has 0 aliphatic heterocycles. The van der Waals surface area contributed by atoms with Crippen molar-refractivity contribution in [3.8, 4) is 0 Å². The number of non-ortho nitro benzene ring substituents is 1. The van der Waals surface area contributed by atoms with E-state index in [4.69, 9.17) is 4.84 Å². The van der Waals surface area contributed by atoms with Crippen LogP contribution in [-0.2, 0) is 4.84 Å². The second kappa shape index (κ2) is 5.22. The van der Waals surface area contributed by atoms with Crippen molar-refractivity contribution < 1.29 is 14.6 Å². The fourth-order valence-electron chi connectivity index (χ4n) is 1.21. The van der Waals surface area contributed by atoms with Crippen molar-refractivity contribution in [1.82, 2.24) is 5.48 Å². The molecule has 16 heavy (non-hydrogen) atoms. The summed E-state index contributed by atoms with van der Waals surface area (Å²) in [6.07, 6.45) is 0. The molecule has 1 rings (SSSR count). The smallest absolute Gasteiger partial charge is 0.274 e. The molecule has 6 nitrogen and oxygen atoms in total. The molecule has 1 aromatic carbocycles. The highest BCUT2D eigenvalue weighted by Crippen LogP contribution is 2.16. The lowest BCUT2D eigenvalue weighted by atomic mass is 10.1. The zero-order chi connectivity index (χ0) is 12.1. The Bertz CT molecular complexity index is 417. The number of amides is 1. The van der Waals surface area contributed by atoms with Gasteiger partial charge in [-0.15, -0.1) is 0 Å². The van der Waals surface area contributed by atoms with Gasteiger partial charge >= 0.3 is 0 Å². The summed E-state index contributed by atoms with van der Waals surface area (Å²) in [4.78, 5) is 26.2. The van der Waals surface area contributed by atoms with E-state index >= 15 is 0 Å². The minimum atomic E-state index is -0.503. The van der Waals surface area contributed by atoms with Crippen LogP contribution in [0.3, 0.4) is 0 Å². The van der Waals surface area contributed by atoms with E-state index in [-0.39, 0.29) is 5.69 Å². The van der Waals surface area contributed by atoms with Crippen LogP contribution < -0.4 is 5.48 Å². The zero-order valence-corrected chi connectivity index (χ0v) is 9.02. The van der Waals surface area contributed by atoms with Crippen LogP contribution in [0.15, 0.2) is 18.2 Å². The fraction of sp³-hybridized carbons (Fsp3) is 0.300. The second-order valence-electron chi connectivity index (χ2n) is 3.12. The third-order valence-electron chi connectivity index (χ3n) is 1.97. The third kappa shape index (κ3) is 2.77. The molecule has 0 aromatic heterocycles. The van der Waals surface area contributed by atoms with Crippen molar-refractivity contribution in [1.29, 1.82) is 0 Å². The maximum Gasteiger partial charge on any atom is 0.275 e. The SMILES string of the molecule is CCONC(=O)c1ccc([N+](=O)[O-])cc1C. The Labute approximate surface area is 92.3 Å². The van der Waals surface area contributed by atoms with Gasteiger partial charge in [-0.25, -0.2) is 5.48 Å². The number of aryl methyl sites for hydroxylation is 1. The Balaban J connectivity index is 2.90. The predicted octanol–water partition coefficient (Wildman–Crippen LogP) is 1.58. The first-order valence-electron chi connectivity index (χ1n) is 4.73. The summed E-state index contributed by atoms with van der Waals surface area (Å²) in [5, 5.41) is 10.5. The fourth-order valence-corrected chi connectivity index (χ4v) is 1.21. The molecular weight excluding hydrogens is 212 g/mol. The van der Waals surface area contributed by atoms with E-state index < -0.39 is 10.8 Å². The molecule has 1 aromatic rings. The number of benzene rings is 1. The number of carbonyl (C=O) groups is 1. The first kappa shape index (κ1) is 12.1. The van der Waals surface area contributed by atoms with Crippen LogP contribution in [0.25, 0.3) is 0 Å². The summed E-state index contributed by atoms with van der Waals surface area (Å²) < 4.78 is 0. The summed E-state index contributed by atoms with van der Waals surface area (Å²) >= 11 is 0. The van der Waals surface area contributed by atoms with Gasteiger partial charge < -0.3 is 0 Å². The molecule has 0 saturated heterocycles. The monoisotopic (exact) mass is 224 g/mol. The Morgan fingerprint density at radius 3 is 2.75 bits per heavy atom. The standard InChI is InChI=1S/C10H12N2O4/c1-3-16-11-10(13)9-5-4-8(12(14)15)6-7(9)2/h4-6H,3H2,1-2H3,(H,11,13). The average molecular weight is 224 g/mol. The highest BCUT2D eigenvalue weighted by Gasteiger charge is 2.13. The van der Waals surface area contributed by atoms with Gasteiger partial charge in [0.05, 0.1) is 11.5 Å². The van der Waals surface area contributed by atoms with E-state index in [0.717, 1.165) is 0 Å². The molecule has 0 spiro atoms. The number of hydroxylamine groups is 1. The third-order valence-corrected chi connectivity index (χ3v) is 1.97. The highest BCUT2D eigenvalue weighted by atomic mass is 16.6. The summed E-state index contributed by atoms with van der Waals surface area (Å²) in [7, 11) is 0. The first-order chi connectivity index (χ1) is 7.56. The largest absolute Gasteiger partial charge is 0.275 e. The van der Waals surface area contributed by atoms with Gasteiger partial charge in [0.15, 0.2) is 0 Å². The topological polar surface area (TPSA) is 81.5 Å². The molecule has 0 aliphatic carbocycles. The maximum absolute atomic E-state index is 11.5. The number of nitrogens with one attached hydrogen (secondary N) is 1. The van der Waals surface area contributed by atoms with Gasteiger partial charge in [-0.3, -0.25) is 19.7 Å². The van der Waals surface area contributed by atoms with Gasteiger partial charge in [0.2, 0.25) is 0 Å².